The highest BCUT2D eigenvalue weighted by atomic mass is 16.5. The molecule has 0 saturated carbocycles. The first kappa shape index (κ1) is 28.1. The van der Waals surface area contributed by atoms with Gasteiger partial charge in [0.25, 0.3) is 5.91 Å². The van der Waals surface area contributed by atoms with E-state index in [0.717, 1.165) is 34.2 Å². The van der Waals surface area contributed by atoms with Crippen LogP contribution >= 0.6 is 0 Å². The highest BCUT2D eigenvalue weighted by Gasteiger charge is 2.36. The van der Waals surface area contributed by atoms with Gasteiger partial charge in [-0.2, -0.15) is 0 Å². The monoisotopic (exact) mass is 553 g/mol. The van der Waals surface area contributed by atoms with E-state index < -0.39 is 17.8 Å². The number of fused-ring (bicyclic) bond motifs is 1. The summed E-state index contributed by atoms with van der Waals surface area (Å²) >= 11 is 0. The van der Waals surface area contributed by atoms with Crippen LogP contribution in [0.3, 0.4) is 0 Å². The molecule has 5 rings (SSSR count). The summed E-state index contributed by atoms with van der Waals surface area (Å²) in [5.41, 5.74) is 5.15. The molecule has 2 N–H and O–H groups in total. The average Bonchev–Trinajstić information content (AvgIpc) is 3.33. The number of nitrogens with one attached hydrogen (secondary N) is 1. The number of carbonyl (C=O) groups excluding carboxylic acids is 2. The van der Waals surface area contributed by atoms with Crippen molar-refractivity contribution in [2.45, 2.75) is 52.0 Å². The topological polar surface area (TPSA) is 108 Å². The smallest absolute Gasteiger partial charge is 0.307 e. The molecule has 0 radical (unpaired) electrons. The molecular weight excluding hydrogens is 518 g/mol. The number of ether oxygens (including phenoxy) is 1. The fourth-order valence-electron chi connectivity index (χ4n) is 5.72. The minimum atomic E-state index is -0.815. The van der Waals surface area contributed by atoms with E-state index in [-0.39, 0.29) is 36.8 Å². The van der Waals surface area contributed by atoms with E-state index in [9.17, 15) is 19.5 Å². The molecule has 3 aromatic rings. The van der Waals surface area contributed by atoms with Crippen LogP contribution in [0.2, 0.25) is 0 Å². The lowest BCUT2D eigenvalue weighted by Crippen LogP contribution is -2.36. The number of benzene rings is 3. The van der Waals surface area contributed by atoms with Gasteiger partial charge in [0.15, 0.2) is 6.61 Å². The lowest BCUT2D eigenvalue weighted by atomic mass is 9.84. The second kappa shape index (κ2) is 12.0. The van der Waals surface area contributed by atoms with Gasteiger partial charge < -0.3 is 15.2 Å². The maximum atomic E-state index is 13.7. The zero-order valence-corrected chi connectivity index (χ0v) is 23.5. The van der Waals surface area contributed by atoms with Crippen LogP contribution in [0.1, 0.15) is 66.8 Å². The number of nitrogens with zero attached hydrogens (tertiary/aromatic N) is 2. The van der Waals surface area contributed by atoms with Crippen molar-refractivity contribution in [3.05, 3.63) is 101 Å². The summed E-state index contributed by atoms with van der Waals surface area (Å²) in [5, 5.41) is 18.6. The van der Waals surface area contributed by atoms with E-state index in [4.69, 9.17) is 4.74 Å². The van der Waals surface area contributed by atoms with Crippen LogP contribution in [0.25, 0.3) is 0 Å². The van der Waals surface area contributed by atoms with Gasteiger partial charge in [0.2, 0.25) is 11.8 Å². The normalized spacial score (nSPS) is 19.5. The first-order valence-electron chi connectivity index (χ1n) is 14.1. The summed E-state index contributed by atoms with van der Waals surface area (Å²) < 4.78 is 5.55. The lowest BCUT2D eigenvalue weighted by Gasteiger charge is -2.25. The van der Waals surface area contributed by atoms with E-state index in [1.165, 1.54) is 5.01 Å². The van der Waals surface area contributed by atoms with Crippen molar-refractivity contribution in [2.24, 2.45) is 16.9 Å². The maximum Gasteiger partial charge on any atom is 0.307 e. The van der Waals surface area contributed by atoms with E-state index in [1.54, 1.807) is 0 Å². The maximum absolute atomic E-state index is 13.7. The molecule has 4 unspecified atom stereocenters. The molecule has 0 bridgehead atoms. The van der Waals surface area contributed by atoms with Crippen molar-refractivity contribution in [2.75, 3.05) is 11.9 Å². The van der Waals surface area contributed by atoms with Gasteiger partial charge in [0, 0.05) is 11.3 Å². The Morgan fingerprint density at radius 2 is 1.80 bits per heavy atom. The Kier molecular flexibility index (Phi) is 8.19. The van der Waals surface area contributed by atoms with Gasteiger partial charge in [-0.1, -0.05) is 81.8 Å². The second-order valence-electron chi connectivity index (χ2n) is 10.9. The number of anilines is 1. The first-order chi connectivity index (χ1) is 19.8. The Bertz CT molecular complexity index is 1470. The molecule has 1 aliphatic carbocycles. The zero-order valence-electron chi connectivity index (χ0n) is 23.5. The molecule has 1 aliphatic heterocycles. The number of hydrogen-bond acceptors (Lipinski definition) is 5. The van der Waals surface area contributed by atoms with Gasteiger partial charge in [-0.3, -0.25) is 14.4 Å². The van der Waals surface area contributed by atoms with Crippen molar-refractivity contribution >= 4 is 29.4 Å². The zero-order chi connectivity index (χ0) is 29.1. The molecule has 41 heavy (non-hydrogen) atoms. The summed E-state index contributed by atoms with van der Waals surface area (Å²) in [7, 11) is 0. The van der Waals surface area contributed by atoms with Crippen LogP contribution in [-0.4, -0.2) is 40.4 Å². The number of aliphatic carboxylic acids is 1. The van der Waals surface area contributed by atoms with Crippen LogP contribution in [0.4, 0.5) is 5.69 Å². The molecule has 3 aromatic carbocycles. The minimum Gasteiger partial charge on any atom is -0.481 e. The number of hydrazone groups is 1. The Hall–Kier alpha value is -4.46. The summed E-state index contributed by atoms with van der Waals surface area (Å²) in [6.45, 7) is 6.26. The third-order valence-corrected chi connectivity index (χ3v) is 8.32. The van der Waals surface area contributed by atoms with Gasteiger partial charge in [-0.25, -0.2) is 5.01 Å². The van der Waals surface area contributed by atoms with Crippen molar-refractivity contribution in [3.8, 4) is 0 Å². The molecule has 1 heterocycles. The average molecular weight is 554 g/mol. The van der Waals surface area contributed by atoms with E-state index in [0.29, 0.717) is 18.0 Å². The SMILES string of the molecule is CCC(C)C(C(=O)Nc1cccc2c1CC(C(=O)O)C2C)c1ccc(CN2N=C(c3ccccc3)OCC2=O)cc1. The van der Waals surface area contributed by atoms with Gasteiger partial charge >= 0.3 is 5.97 Å². The summed E-state index contributed by atoms with van der Waals surface area (Å²) in [5.74, 6) is -1.67. The first-order valence-corrected chi connectivity index (χ1v) is 14.1. The highest BCUT2D eigenvalue weighted by Crippen LogP contribution is 2.41. The van der Waals surface area contributed by atoms with Crippen molar-refractivity contribution in [1.29, 1.82) is 0 Å². The molecule has 212 valence electrons. The summed E-state index contributed by atoms with van der Waals surface area (Å²) in [6, 6.07) is 22.9. The van der Waals surface area contributed by atoms with Crippen molar-refractivity contribution in [1.82, 2.24) is 5.01 Å². The fraction of sp³-hybridized carbons (Fsp3) is 0.333. The standard InChI is InChI=1S/C33H35N3O5/c1-4-20(2)30(31(38)34-28-12-8-11-25-21(3)26(33(39)40)17-27(25)28)23-15-13-22(14-16-23)18-36-29(37)19-41-32(35-36)24-9-6-5-7-10-24/h5-16,20-21,26,30H,4,17-19H2,1-3H3,(H,34,38)(H,39,40). The van der Waals surface area contributed by atoms with Crippen LogP contribution in [0.15, 0.2) is 77.9 Å². The summed E-state index contributed by atoms with van der Waals surface area (Å²) in [4.78, 5) is 38.0. The third kappa shape index (κ3) is 5.87. The molecule has 0 aromatic heterocycles. The van der Waals surface area contributed by atoms with Crippen LogP contribution < -0.4 is 5.32 Å². The highest BCUT2D eigenvalue weighted by molar-refractivity contribution is 5.98. The Labute approximate surface area is 240 Å². The predicted octanol–water partition coefficient (Wildman–Crippen LogP) is 5.54. The number of carboxylic acids is 1. The largest absolute Gasteiger partial charge is 0.481 e. The number of carboxylic acid groups (broad SMARTS) is 1. The Morgan fingerprint density at radius 1 is 1.07 bits per heavy atom. The van der Waals surface area contributed by atoms with E-state index >= 15 is 0 Å². The van der Waals surface area contributed by atoms with Crippen LogP contribution in [0, 0.1) is 11.8 Å². The Morgan fingerprint density at radius 3 is 2.49 bits per heavy atom. The molecule has 0 saturated heterocycles. The molecular formula is C33H35N3O5. The van der Waals surface area contributed by atoms with Crippen molar-refractivity contribution in [3.63, 3.8) is 0 Å². The van der Waals surface area contributed by atoms with Gasteiger partial charge in [-0.15, -0.1) is 5.10 Å². The molecule has 8 nitrogen and oxygen atoms in total. The van der Waals surface area contributed by atoms with Gasteiger partial charge in [-0.05, 0) is 58.7 Å². The predicted molar refractivity (Wildman–Crippen MR) is 156 cm³/mol. The number of rotatable bonds is 9. The van der Waals surface area contributed by atoms with Crippen LogP contribution in [0.5, 0.6) is 0 Å². The fourth-order valence-corrected chi connectivity index (χ4v) is 5.72. The van der Waals surface area contributed by atoms with Gasteiger partial charge in [0.1, 0.15) is 0 Å². The van der Waals surface area contributed by atoms with Crippen LogP contribution in [-0.2, 0) is 32.1 Å². The quantitative estimate of drug-likeness (QED) is 0.362. The third-order valence-electron chi connectivity index (χ3n) is 8.32. The number of amides is 2. The molecule has 2 aliphatic rings. The van der Waals surface area contributed by atoms with Gasteiger partial charge in [0.05, 0.1) is 18.4 Å². The molecule has 4 atom stereocenters. The van der Waals surface area contributed by atoms with E-state index in [2.05, 4.69) is 24.3 Å². The minimum absolute atomic E-state index is 0.0714. The van der Waals surface area contributed by atoms with Crippen molar-refractivity contribution < 1.29 is 24.2 Å². The molecule has 0 fully saturated rings. The number of hydrogen-bond donors (Lipinski definition) is 2. The molecule has 0 spiro atoms. The molecule has 8 heteroatoms. The lowest BCUT2D eigenvalue weighted by molar-refractivity contribution is -0.142. The second-order valence-corrected chi connectivity index (χ2v) is 10.9. The summed E-state index contributed by atoms with van der Waals surface area (Å²) in [6.07, 6.45) is 1.21. The molecule has 2 amide bonds. The van der Waals surface area contributed by atoms with E-state index in [1.807, 2.05) is 79.7 Å². The number of carbonyl (C=O) groups is 3. The Balaban J connectivity index is 1.33.